The van der Waals surface area contributed by atoms with E-state index < -0.39 is 11.9 Å². The lowest BCUT2D eigenvalue weighted by molar-refractivity contribution is -0.155. The molecule has 0 aromatic rings. The molecule has 56 valence electrons. The molecule has 0 amide bonds. The second-order valence-corrected chi connectivity index (χ2v) is 1.53. The van der Waals surface area contributed by atoms with Gasteiger partial charge < -0.3 is 10.1 Å². The van der Waals surface area contributed by atoms with E-state index in [1.807, 2.05) is 0 Å². The third-order valence-corrected chi connectivity index (χ3v) is 0.702. The Hall–Kier alpha value is -1.16. The Balaban J connectivity index is 3.57. The number of hydrogen-bond acceptors (Lipinski definition) is 4. The summed E-state index contributed by atoms with van der Waals surface area (Å²) in [4.78, 5) is 20.8. The van der Waals surface area contributed by atoms with E-state index in [1.54, 1.807) is 7.05 Å². The van der Waals surface area contributed by atoms with Gasteiger partial charge in [0.2, 0.25) is 0 Å². The Morgan fingerprint density at radius 2 is 2.30 bits per heavy atom. The highest BCUT2D eigenvalue weighted by molar-refractivity contribution is 5.92. The molecule has 0 unspecified atom stereocenters. The van der Waals surface area contributed by atoms with Crippen LogP contribution in [0, 0.1) is 0 Å². The number of carbonyl (C=O) groups excluding carboxylic acids is 2. The fraction of sp³-hybridized carbons (Fsp3) is 0.333. The lowest BCUT2D eigenvalue weighted by atomic mass is 10.6. The van der Waals surface area contributed by atoms with Crippen LogP contribution in [-0.2, 0) is 14.3 Å². The summed E-state index contributed by atoms with van der Waals surface area (Å²) in [6, 6.07) is 0. The Bertz CT molecular complexity index is 153. The van der Waals surface area contributed by atoms with Gasteiger partial charge in [0.05, 0.1) is 6.54 Å². The molecule has 0 aliphatic carbocycles. The molecular formula is C6H9NO3. The van der Waals surface area contributed by atoms with Crippen molar-refractivity contribution in [1.82, 2.24) is 5.32 Å². The van der Waals surface area contributed by atoms with E-state index in [2.05, 4.69) is 16.6 Å². The highest BCUT2D eigenvalue weighted by Gasteiger charge is 2.03. The van der Waals surface area contributed by atoms with Gasteiger partial charge in [0.25, 0.3) is 0 Å². The molecule has 1 N–H and O–H groups in total. The van der Waals surface area contributed by atoms with Crippen LogP contribution in [0.3, 0.4) is 0 Å². The van der Waals surface area contributed by atoms with Gasteiger partial charge in [-0.2, -0.15) is 0 Å². The predicted octanol–water partition coefficient (Wildman–Crippen LogP) is -0.538. The summed E-state index contributed by atoms with van der Waals surface area (Å²) in [6.45, 7) is 3.15. The summed E-state index contributed by atoms with van der Waals surface area (Å²) in [6.07, 6.45) is 0.938. The van der Waals surface area contributed by atoms with Crippen LogP contribution >= 0.6 is 0 Å². The summed E-state index contributed by atoms with van der Waals surface area (Å²) in [5.41, 5.74) is 0. The first kappa shape index (κ1) is 8.84. The molecule has 0 rings (SSSR count). The van der Waals surface area contributed by atoms with Crippen molar-refractivity contribution in [2.24, 2.45) is 0 Å². The first-order valence-corrected chi connectivity index (χ1v) is 2.72. The van der Waals surface area contributed by atoms with Crippen molar-refractivity contribution < 1.29 is 14.3 Å². The van der Waals surface area contributed by atoms with Gasteiger partial charge in [0.1, 0.15) is 0 Å². The van der Waals surface area contributed by atoms with Crippen molar-refractivity contribution in [2.75, 3.05) is 13.6 Å². The maximum absolute atomic E-state index is 10.5. The third kappa shape index (κ3) is 3.80. The largest absolute Gasteiger partial charge is 0.389 e. The molecule has 0 aromatic carbocycles. The lowest BCUT2D eigenvalue weighted by Gasteiger charge is -1.96. The minimum Gasteiger partial charge on any atom is -0.389 e. The molecule has 0 spiro atoms. The van der Waals surface area contributed by atoms with Crippen molar-refractivity contribution in [3.8, 4) is 0 Å². The van der Waals surface area contributed by atoms with Crippen molar-refractivity contribution in [1.29, 1.82) is 0 Å². The quantitative estimate of drug-likeness (QED) is 0.327. The summed E-state index contributed by atoms with van der Waals surface area (Å²) < 4.78 is 4.18. The smallest absolute Gasteiger partial charge is 0.337 e. The van der Waals surface area contributed by atoms with Gasteiger partial charge in [-0.1, -0.05) is 6.58 Å². The normalized spacial score (nSPS) is 8.50. The van der Waals surface area contributed by atoms with Crippen LogP contribution in [0.4, 0.5) is 0 Å². The number of carbonyl (C=O) groups is 2. The summed E-state index contributed by atoms with van der Waals surface area (Å²) in [5.74, 6) is -1.33. The van der Waals surface area contributed by atoms with Gasteiger partial charge in [-0.15, -0.1) is 0 Å². The first-order chi connectivity index (χ1) is 4.70. The zero-order valence-electron chi connectivity index (χ0n) is 5.72. The number of rotatable bonds is 3. The molecule has 0 aliphatic heterocycles. The van der Waals surface area contributed by atoms with Crippen LogP contribution in [0.1, 0.15) is 0 Å². The number of hydrogen-bond donors (Lipinski definition) is 1. The lowest BCUT2D eigenvalue weighted by Crippen LogP contribution is -2.22. The Labute approximate surface area is 58.9 Å². The maximum Gasteiger partial charge on any atom is 0.337 e. The average molecular weight is 143 g/mol. The standard InChI is InChI=1S/C6H9NO3/c1-3-5(8)10-6(9)4-7-2/h3,7H,1,4H2,2H3. The van der Waals surface area contributed by atoms with Gasteiger partial charge in [-0.25, -0.2) is 4.79 Å². The van der Waals surface area contributed by atoms with E-state index in [0.717, 1.165) is 6.08 Å². The van der Waals surface area contributed by atoms with E-state index in [9.17, 15) is 9.59 Å². The Morgan fingerprint density at radius 1 is 1.70 bits per heavy atom. The molecule has 4 nitrogen and oxygen atoms in total. The fourth-order valence-electron chi connectivity index (χ4n) is 0.334. The minimum atomic E-state index is -0.722. The SMILES string of the molecule is C=CC(=O)OC(=O)CNC. The van der Waals surface area contributed by atoms with E-state index in [1.165, 1.54) is 0 Å². The predicted molar refractivity (Wildman–Crippen MR) is 35.2 cm³/mol. The molecule has 0 aliphatic rings. The summed E-state index contributed by atoms with van der Waals surface area (Å²) in [5, 5.41) is 2.54. The van der Waals surface area contributed by atoms with Crippen molar-refractivity contribution in [3.05, 3.63) is 12.7 Å². The van der Waals surface area contributed by atoms with E-state index in [0.29, 0.717) is 0 Å². The zero-order valence-corrected chi connectivity index (χ0v) is 5.72. The molecule has 4 heteroatoms. The van der Waals surface area contributed by atoms with Gasteiger partial charge in [0, 0.05) is 6.08 Å². The summed E-state index contributed by atoms with van der Waals surface area (Å²) in [7, 11) is 1.58. The van der Waals surface area contributed by atoms with Gasteiger partial charge in [-0.05, 0) is 7.05 Å². The van der Waals surface area contributed by atoms with Crippen LogP contribution in [0.25, 0.3) is 0 Å². The Kier molecular flexibility index (Phi) is 4.15. The minimum absolute atomic E-state index is 0.0274. The van der Waals surface area contributed by atoms with Crippen LogP contribution in [0.2, 0.25) is 0 Å². The molecule has 0 saturated heterocycles. The fourth-order valence-corrected chi connectivity index (χ4v) is 0.334. The molecular weight excluding hydrogens is 134 g/mol. The number of nitrogens with one attached hydrogen (secondary N) is 1. The third-order valence-electron chi connectivity index (χ3n) is 0.702. The molecule has 0 heterocycles. The molecule has 0 fully saturated rings. The van der Waals surface area contributed by atoms with Gasteiger partial charge in [0.15, 0.2) is 0 Å². The van der Waals surface area contributed by atoms with Crippen LogP contribution < -0.4 is 5.32 Å². The highest BCUT2D eigenvalue weighted by Crippen LogP contribution is 1.79. The van der Waals surface area contributed by atoms with Gasteiger partial charge >= 0.3 is 11.9 Å². The highest BCUT2D eigenvalue weighted by atomic mass is 16.6. The molecule has 0 saturated carbocycles. The first-order valence-electron chi connectivity index (χ1n) is 2.72. The zero-order chi connectivity index (χ0) is 7.98. The molecule has 0 atom stereocenters. The van der Waals surface area contributed by atoms with E-state index in [-0.39, 0.29) is 6.54 Å². The van der Waals surface area contributed by atoms with Crippen molar-refractivity contribution >= 4 is 11.9 Å². The van der Waals surface area contributed by atoms with Gasteiger partial charge in [-0.3, -0.25) is 4.79 Å². The molecule has 10 heavy (non-hydrogen) atoms. The number of esters is 2. The topological polar surface area (TPSA) is 55.4 Å². The van der Waals surface area contributed by atoms with Crippen LogP contribution in [-0.4, -0.2) is 25.5 Å². The van der Waals surface area contributed by atoms with Crippen molar-refractivity contribution in [2.45, 2.75) is 0 Å². The summed E-state index contributed by atoms with van der Waals surface area (Å²) >= 11 is 0. The molecule has 0 radical (unpaired) electrons. The van der Waals surface area contributed by atoms with E-state index >= 15 is 0 Å². The Morgan fingerprint density at radius 3 is 2.70 bits per heavy atom. The monoisotopic (exact) mass is 143 g/mol. The number of likely N-dealkylation sites (N-methyl/N-ethyl adjacent to an activating group) is 1. The second-order valence-electron chi connectivity index (χ2n) is 1.53. The van der Waals surface area contributed by atoms with Crippen LogP contribution in [0.15, 0.2) is 12.7 Å². The molecule has 0 bridgehead atoms. The molecule has 0 aromatic heterocycles. The average Bonchev–Trinajstić information content (AvgIpc) is 1.88. The number of ether oxygens (including phenoxy) is 1. The second kappa shape index (κ2) is 4.69. The van der Waals surface area contributed by atoms with Crippen LogP contribution in [0.5, 0.6) is 0 Å². The van der Waals surface area contributed by atoms with E-state index in [4.69, 9.17) is 0 Å². The maximum atomic E-state index is 10.5. The van der Waals surface area contributed by atoms with Crippen molar-refractivity contribution in [3.63, 3.8) is 0 Å².